The number of piperidine rings is 1. The van der Waals surface area contributed by atoms with Crippen LogP contribution in [0.5, 0.6) is 0 Å². The van der Waals surface area contributed by atoms with Crippen LogP contribution in [-0.4, -0.2) is 29.4 Å². The van der Waals surface area contributed by atoms with Gasteiger partial charge in [0.2, 0.25) is 11.8 Å². The summed E-state index contributed by atoms with van der Waals surface area (Å²) in [6, 6.07) is 7.17. The van der Waals surface area contributed by atoms with Crippen LogP contribution >= 0.6 is 0 Å². The third kappa shape index (κ3) is 4.59. The molecule has 0 aromatic heterocycles. The Balaban J connectivity index is 1.92. The second kappa shape index (κ2) is 6.88. The smallest absolute Gasteiger partial charge is 0.303 e. The highest BCUT2D eigenvalue weighted by atomic mass is 16.4. The van der Waals surface area contributed by atoms with E-state index in [4.69, 9.17) is 5.11 Å². The monoisotopic (exact) mass is 290 g/mol. The molecule has 0 bridgehead atoms. The second-order valence-electron chi connectivity index (χ2n) is 5.12. The average molecular weight is 290 g/mol. The van der Waals surface area contributed by atoms with Gasteiger partial charge in [-0.1, -0.05) is 12.1 Å². The molecule has 2 rings (SSSR count). The summed E-state index contributed by atoms with van der Waals surface area (Å²) in [5.74, 6) is -1.20. The lowest BCUT2D eigenvalue weighted by atomic mass is 9.98. The maximum Gasteiger partial charge on any atom is 0.303 e. The number of hydrogen-bond donors (Lipinski definition) is 3. The summed E-state index contributed by atoms with van der Waals surface area (Å²) in [4.78, 5) is 33.7. The maximum atomic E-state index is 12.1. The Morgan fingerprint density at radius 1 is 1.38 bits per heavy atom. The number of nitrogens with one attached hydrogen (secondary N) is 2. The number of carbonyl (C=O) groups excluding carboxylic acids is 2. The highest BCUT2D eigenvalue weighted by Gasteiger charge is 2.24. The molecule has 1 aromatic rings. The van der Waals surface area contributed by atoms with Gasteiger partial charge in [-0.3, -0.25) is 14.4 Å². The van der Waals surface area contributed by atoms with E-state index in [1.54, 1.807) is 18.2 Å². The summed E-state index contributed by atoms with van der Waals surface area (Å²) in [6.45, 7) is 0.364. The van der Waals surface area contributed by atoms with Gasteiger partial charge in [-0.2, -0.15) is 0 Å². The van der Waals surface area contributed by atoms with Gasteiger partial charge in [0.05, 0.1) is 5.92 Å². The lowest BCUT2D eigenvalue weighted by molar-refractivity contribution is -0.137. The van der Waals surface area contributed by atoms with Gasteiger partial charge in [0.15, 0.2) is 0 Å². The molecule has 0 saturated carbocycles. The zero-order valence-electron chi connectivity index (χ0n) is 11.6. The minimum Gasteiger partial charge on any atom is -0.481 e. The van der Waals surface area contributed by atoms with Gasteiger partial charge in [-0.05, 0) is 30.5 Å². The van der Waals surface area contributed by atoms with Gasteiger partial charge in [0.25, 0.3) is 0 Å². The Kier molecular flexibility index (Phi) is 4.92. The molecule has 1 aromatic carbocycles. The predicted molar refractivity (Wildman–Crippen MR) is 76.8 cm³/mol. The third-order valence-corrected chi connectivity index (χ3v) is 3.46. The molecule has 0 radical (unpaired) electrons. The molecule has 21 heavy (non-hydrogen) atoms. The van der Waals surface area contributed by atoms with Crippen molar-refractivity contribution in [3.63, 3.8) is 0 Å². The largest absolute Gasteiger partial charge is 0.481 e. The van der Waals surface area contributed by atoms with Gasteiger partial charge >= 0.3 is 5.97 Å². The molecule has 1 saturated heterocycles. The third-order valence-electron chi connectivity index (χ3n) is 3.46. The zero-order valence-corrected chi connectivity index (χ0v) is 11.6. The van der Waals surface area contributed by atoms with E-state index in [2.05, 4.69) is 10.6 Å². The number of anilines is 1. The van der Waals surface area contributed by atoms with E-state index < -0.39 is 5.97 Å². The van der Waals surface area contributed by atoms with Gasteiger partial charge in [0.1, 0.15) is 0 Å². The van der Waals surface area contributed by atoms with Gasteiger partial charge in [-0.15, -0.1) is 0 Å². The number of amides is 2. The Hall–Kier alpha value is -2.37. The fraction of sp³-hybridized carbons (Fsp3) is 0.400. The lowest BCUT2D eigenvalue weighted by Gasteiger charge is -2.21. The number of rotatable bonds is 5. The van der Waals surface area contributed by atoms with Crippen LogP contribution in [-0.2, 0) is 20.8 Å². The molecule has 6 nitrogen and oxygen atoms in total. The van der Waals surface area contributed by atoms with Crippen LogP contribution < -0.4 is 10.6 Å². The first-order valence-electron chi connectivity index (χ1n) is 6.93. The summed E-state index contributed by atoms with van der Waals surface area (Å²) in [7, 11) is 0. The summed E-state index contributed by atoms with van der Waals surface area (Å²) in [5.41, 5.74) is 1.52. The zero-order chi connectivity index (χ0) is 15.2. The normalized spacial score (nSPS) is 17.9. The fourth-order valence-electron chi connectivity index (χ4n) is 2.26. The highest BCUT2D eigenvalue weighted by molar-refractivity contribution is 5.94. The second-order valence-corrected chi connectivity index (χ2v) is 5.12. The van der Waals surface area contributed by atoms with Crippen molar-refractivity contribution in [3.8, 4) is 0 Å². The predicted octanol–water partition coefficient (Wildman–Crippen LogP) is 1.17. The molecule has 1 fully saturated rings. The SMILES string of the molecule is O=C(O)CCc1cccc(NC(=O)C2CCC(=O)NC2)c1. The molecule has 6 heteroatoms. The van der Waals surface area contributed by atoms with Crippen molar-refractivity contribution in [2.45, 2.75) is 25.7 Å². The van der Waals surface area contributed by atoms with E-state index in [0.717, 1.165) is 5.56 Å². The molecule has 112 valence electrons. The van der Waals surface area contributed by atoms with Gasteiger partial charge < -0.3 is 15.7 Å². The number of aryl methyl sites for hydroxylation is 1. The van der Waals surface area contributed by atoms with Crippen molar-refractivity contribution < 1.29 is 19.5 Å². The van der Waals surface area contributed by atoms with Crippen molar-refractivity contribution >= 4 is 23.5 Å². The summed E-state index contributed by atoms with van der Waals surface area (Å²) < 4.78 is 0. The molecule has 1 atom stereocenters. The number of carboxylic acid groups (broad SMARTS) is 1. The van der Waals surface area contributed by atoms with E-state index >= 15 is 0 Å². The molecule has 1 unspecified atom stereocenters. The first kappa shape index (κ1) is 15.0. The maximum absolute atomic E-state index is 12.1. The highest BCUT2D eigenvalue weighted by Crippen LogP contribution is 2.16. The van der Waals surface area contributed by atoms with Crippen molar-refractivity contribution in [1.82, 2.24) is 5.32 Å². The van der Waals surface area contributed by atoms with Crippen LogP contribution in [0, 0.1) is 5.92 Å². The molecule has 1 aliphatic heterocycles. The number of carboxylic acids is 1. The molecular weight excluding hydrogens is 272 g/mol. The molecule has 1 aliphatic rings. The van der Waals surface area contributed by atoms with Crippen LogP contribution in [0.15, 0.2) is 24.3 Å². The summed E-state index contributed by atoms with van der Waals surface area (Å²) >= 11 is 0. The van der Waals surface area contributed by atoms with E-state index in [9.17, 15) is 14.4 Å². The minimum absolute atomic E-state index is 0.0188. The minimum atomic E-state index is -0.845. The van der Waals surface area contributed by atoms with Crippen LogP contribution in [0.4, 0.5) is 5.69 Å². The van der Waals surface area contributed by atoms with Crippen molar-refractivity contribution in [3.05, 3.63) is 29.8 Å². The van der Waals surface area contributed by atoms with Crippen molar-refractivity contribution in [1.29, 1.82) is 0 Å². The molecule has 2 amide bonds. The Bertz CT molecular complexity index is 546. The van der Waals surface area contributed by atoms with Crippen LogP contribution in [0.3, 0.4) is 0 Å². The Morgan fingerprint density at radius 3 is 2.86 bits per heavy atom. The van der Waals surface area contributed by atoms with Crippen LogP contribution in [0.25, 0.3) is 0 Å². The summed E-state index contributed by atoms with van der Waals surface area (Å²) in [6.07, 6.45) is 1.41. The topological polar surface area (TPSA) is 95.5 Å². The van der Waals surface area contributed by atoms with Gasteiger partial charge in [0, 0.05) is 25.1 Å². The number of hydrogen-bond acceptors (Lipinski definition) is 3. The average Bonchev–Trinajstić information content (AvgIpc) is 2.46. The Labute approximate surface area is 122 Å². The van der Waals surface area contributed by atoms with Crippen LogP contribution in [0.1, 0.15) is 24.8 Å². The van der Waals surface area contributed by atoms with Crippen LogP contribution in [0.2, 0.25) is 0 Å². The number of aliphatic carboxylic acids is 1. The molecule has 0 spiro atoms. The van der Waals surface area contributed by atoms with Gasteiger partial charge in [-0.25, -0.2) is 0 Å². The lowest BCUT2D eigenvalue weighted by Crippen LogP contribution is -2.40. The van der Waals surface area contributed by atoms with E-state index in [0.29, 0.717) is 31.5 Å². The van der Waals surface area contributed by atoms with Crippen molar-refractivity contribution in [2.24, 2.45) is 5.92 Å². The fourth-order valence-corrected chi connectivity index (χ4v) is 2.26. The quantitative estimate of drug-likeness (QED) is 0.758. The Morgan fingerprint density at radius 2 is 2.19 bits per heavy atom. The molecule has 3 N–H and O–H groups in total. The molecule has 0 aliphatic carbocycles. The number of benzene rings is 1. The standard InChI is InChI=1S/C15H18N2O4/c18-13-6-5-11(9-16-13)15(21)17-12-3-1-2-10(8-12)4-7-14(19)20/h1-3,8,11H,4-7,9H2,(H,16,18)(H,17,21)(H,19,20). The summed E-state index contributed by atoms with van der Waals surface area (Å²) in [5, 5.41) is 14.2. The first-order chi connectivity index (χ1) is 10.0. The first-order valence-corrected chi connectivity index (χ1v) is 6.93. The van der Waals surface area contributed by atoms with Crippen molar-refractivity contribution in [2.75, 3.05) is 11.9 Å². The van der Waals surface area contributed by atoms with E-state index in [1.165, 1.54) is 0 Å². The molecular formula is C15H18N2O4. The number of carbonyl (C=O) groups is 3. The van der Waals surface area contributed by atoms with E-state index in [1.807, 2.05) is 6.07 Å². The van der Waals surface area contributed by atoms with E-state index in [-0.39, 0.29) is 24.2 Å². The molecule has 1 heterocycles.